The Labute approximate surface area is 193 Å². The van der Waals surface area contributed by atoms with Gasteiger partial charge in [0.25, 0.3) is 5.91 Å². The summed E-state index contributed by atoms with van der Waals surface area (Å²) < 4.78 is 52.2. The summed E-state index contributed by atoms with van der Waals surface area (Å²) in [7, 11) is 2.10. The van der Waals surface area contributed by atoms with E-state index in [1.165, 1.54) is 6.07 Å². The summed E-state index contributed by atoms with van der Waals surface area (Å²) in [4.78, 5) is 18.5. The quantitative estimate of drug-likeness (QED) is 0.606. The Kier molecular flexibility index (Phi) is 5.90. The van der Waals surface area contributed by atoms with E-state index in [1.54, 1.807) is 12.1 Å². The number of aromatic nitrogens is 3. The van der Waals surface area contributed by atoms with Crippen LogP contribution < -0.4 is 10.1 Å². The Morgan fingerprint density at radius 3 is 2.65 bits per heavy atom. The number of alkyl halides is 3. The third-order valence-electron chi connectivity index (χ3n) is 6.11. The minimum atomic E-state index is -4.64. The number of hydrogen-bond donors (Lipinski definition) is 1. The molecule has 0 bridgehead atoms. The van der Waals surface area contributed by atoms with Crippen molar-refractivity contribution >= 4 is 22.5 Å². The van der Waals surface area contributed by atoms with Crippen molar-refractivity contribution in [1.29, 1.82) is 0 Å². The highest BCUT2D eigenvalue weighted by Crippen LogP contribution is 2.34. The Balaban J connectivity index is 1.44. The fourth-order valence-electron chi connectivity index (χ4n) is 4.08. The van der Waals surface area contributed by atoms with Crippen LogP contribution in [0.5, 0.6) is 5.75 Å². The summed E-state index contributed by atoms with van der Waals surface area (Å²) in [6.45, 7) is 2.82. The molecule has 180 valence electrons. The first-order chi connectivity index (χ1) is 16.3. The lowest BCUT2D eigenvalue weighted by molar-refractivity contribution is -0.141. The standard InChI is InChI=1S/C23H24F3N5O3/c1-30-7-5-15(6-8-30)31-11-14-9-19(20(10-18(14)29-31)34-16-12-33-13-16)28-22(32)17-3-2-4-21(27-17)23(24,25)26/h2-4,9-11,15-16H,5-8,12-13H2,1H3,(H,28,32). The van der Waals surface area contributed by atoms with E-state index in [4.69, 9.17) is 14.6 Å². The van der Waals surface area contributed by atoms with Gasteiger partial charge in [0.2, 0.25) is 0 Å². The van der Waals surface area contributed by atoms with Gasteiger partial charge < -0.3 is 19.7 Å². The number of pyridine rings is 1. The maximum Gasteiger partial charge on any atom is 0.433 e. The second-order valence-electron chi connectivity index (χ2n) is 8.69. The van der Waals surface area contributed by atoms with Crippen LogP contribution in [0.1, 0.15) is 35.1 Å². The largest absolute Gasteiger partial charge is 0.483 e. The van der Waals surface area contributed by atoms with Gasteiger partial charge in [-0.15, -0.1) is 0 Å². The van der Waals surface area contributed by atoms with Crippen LogP contribution in [0.2, 0.25) is 0 Å². The van der Waals surface area contributed by atoms with Crippen molar-refractivity contribution in [2.75, 3.05) is 38.7 Å². The molecule has 11 heteroatoms. The van der Waals surface area contributed by atoms with Crippen LogP contribution in [-0.2, 0) is 10.9 Å². The number of benzene rings is 1. The average Bonchev–Trinajstić information content (AvgIpc) is 3.19. The Hall–Kier alpha value is -3.18. The van der Waals surface area contributed by atoms with Gasteiger partial charge in [-0.05, 0) is 51.2 Å². The molecule has 0 radical (unpaired) electrons. The zero-order chi connectivity index (χ0) is 23.9. The second-order valence-corrected chi connectivity index (χ2v) is 8.69. The number of fused-ring (bicyclic) bond motifs is 1. The van der Waals surface area contributed by atoms with Gasteiger partial charge >= 0.3 is 6.18 Å². The molecule has 8 nitrogen and oxygen atoms in total. The molecule has 0 saturated carbocycles. The zero-order valence-electron chi connectivity index (χ0n) is 18.5. The maximum absolute atomic E-state index is 13.0. The number of nitrogens with one attached hydrogen (secondary N) is 1. The van der Waals surface area contributed by atoms with Crippen molar-refractivity contribution < 1.29 is 27.4 Å². The van der Waals surface area contributed by atoms with Crippen molar-refractivity contribution in [2.24, 2.45) is 0 Å². The molecule has 2 fully saturated rings. The number of likely N-dealkylation sites (tertiary alicyclic amines) is 1. The number of piperidine rings is 1. The van der Waals surface area contributed by atoms with E-state index in [-0.39, 0.29) is 17.8 Å². The third-order valence-corrected chi connectivity index (χ3v) is 6.11. The average molecular weight is 475 g/mol. The maximum atomic E-state index is 13.0. The number of nitrogens with zero attached hydrogens (tertiary/aromatic N) is 4. The van der Waals surface area contributed by atoms with Crippen molar-refractivity contribution in [2.45, 2.75) is 31.2 Å². The zero-order valence-corrected chi connectivity index (χ0v) is 18.5. The number of rotatable bonds is 5. The van der Waals surface area contributed by atoms with Crippen LogP contribution in [0.3, 0.4) is 0 Å². The lowest BCUT2D eigenvalue weighted by atomic mass is 10.1. The molecule has 1 N–H and O–H groups in total. The first-order valence-electron chi connectivity index (χ1n) is 11.1. The summed E-state index contributed by atoms with van der Waals surface area (Å²) in [6, 6.07) is 6.97. The van der Waals surface area contributed by atoms with Crippen LogP contribution in [0.4, 0.5) is 18.9 Å². The summed E-state index contributed by atoms with van der Waals surface area (Å²) in [6.07, 6.45) is -0.915. The predicted molar refractivity (Wildman–Crippen MR) is 118 cm³/mol. The topological polar surface area (TPSA) is 81.5 Å². The highest BCUT2D eigenvalue weighted by atomic mass is 19.4. The number of anilines is 1. The molecule has 3 aromatic rings. The first-order valence-corrected chi connectivity index (χ1v) is 11.1. The van der Waals surface area contributed by atoms with E-state index in [9.17, 15) is 18.0 Å². The minimum absolute atomic E-state index is 0.171. The van der Waals surface area contributed by atoms with E-state index in [0.717, 1.165) is 43.5 Å². The number of halogens is 3. The molecule has 0 aliphatic carbocycles. The molecule has 1 amide bonds. The van der Waals surface area contributed by atoms with Crippen LogP contribution >= 0.6 is 0 Å². The monoisotopic (exact) mass is 475 g/mol. The molecule has 2 aliphatic rings. The molecule has 5 rings (SSSR count). The number of carbonyl (C=O) groups excluding carboxylic acids is 1. The molecule has 34 heavy (non-hydrogen) atoms. The summed E-state index contributed by atoms with van der Waals surface area (Å²) in [5, 5.41) is 8.19. The van der Waals surface area contributed by atoms with Gasteiger partial charge in [0.05, 0.1) is 30.5 Å². The minimum Gasteiger partial charge on any atom is -0.483 e. The lowest BCUT2D eigenvalue weighted by Crippen LogP contribution is -2.38. The molecule has 0 spiro atoms. The molecule has 1 aromatic carbocycles. The molecule has 2 saturated heterocycles. The SMILES string of the molecule is CN1CCC(n2cc3cc(NC(=O)c4cccc(C(F)(F)F)n4)c(OC4COC4)cc3n2)CC1. The van der Waals surface area contributed by atoms with Gasteiger partial charge in [0.1, 0.15) is 23.2 Å². The number of amides is 1. The lowest BCUT2D eigenvalue weighted by Gasteiger charge is -2.28. The van der Waals surface area contributed by atoms with Crippen molar-refractivity contribution in [3.63, 3.8) is 0 Å². The predicted octanol–water partition coefficient (Wildman–Crippen LogP) is 3.75. The van der Waals surface area contributed by atoms with Crippen molar-refractivity contribution in [3.8, 4) is 5.75 Å². The fraction of sp³-hybridized carbons (Fsp3) is 0.435. The number of carbonyl (C=O) groups is 1. The van der Waals surface area contributed by atoms with Crippen LogP contribution in [0, 0.1) is 0 Å². The molecule has 0 unspecified atom stereocenters. The smallest absolute Gasteiger partial charge is 0.433 e. The van der Waals surface area contributed by atoms with E-state index < -0.39 is 17.8 Å². The van der Waals surface area contributed by atoms with Crippen molar-refractivity contribution in [3.05, 3.63) is 47.9 Å². The van der Waals surface area contributed by atoms with E-state index in [2.05, 4.69) is 22.2 Å². The molecule has 2 aromatic heterocycles. The fourth-order valence-corrected chi connectivity index (χ4v) is 4.08. The molecular formula is C23H24F3N5O3. The Bertz CT molecular complexity index is 1200. The first kappa shape index (κ1) is 22.6. The van der Waals surface area contributed by atoms with Gasteiger partial charge in [-0.25, -0.2) is 4.98 Å². The summed E-state index contributed by atoms with van der Waals surface area (Å²) in [5.41, 5.74) is -0.413. The normalized spacial score (nSPS) is 18.1. The van der Waals surface area contributed by atoms with Crippen LogP contribution in [-0.4, -0.2) is 65.0 Å². The van der Waals surface area contributed by atoms with Crippen LogP contribution in [0.25, 0.3) is 10.9 Å². The van der Waals surface area contributed by atoms with E-state index >= 15 is 0 Å². The highest BCUT2D eigenvalue weighted by Gasteiger charge is 2.33. The highest BCUT2D eigenvalue weighted by molar-refractivity contribution is 6.05. The van der Waals surface area contributed by atoms with Gasteiger partial charge in [0, 0.05) is 17.6 Å². The third kappa shape index (κ3) is 4.71. The van der Waals surface area contributed by atoms with Gasteiger partial charge in [0.15, 0.2) is 0 Å². The van der Waals surface area contributed by atoms with Gasteiger partial charge in [-0.2, -0.15) is 18.3 Å². The number of ether oxygens (including phenoxy) is 2. The van der Waals surface area contributed by atoms with Gasteiger partial charge in [-0.1, -0.05) is 6.07 Å². The Morgan fingerprint density at radius 1 is 1.21 bits per heavy atom. The Morgan fingerprint density at radius 2 is 1.97 bits per heavy atom. The van der Waals surface area contributed by atoms with Crippen LogP contribution in [0.15, 0.2) is 36.5 Å². The van der Waals surface area contributed by atoms with E-state index in [1.807, 2.05) is 10.9 Å². The molecule has 4 heterocycles. The summed E-state index contributed by atoms with van der Waals surface area (Å²) >= 11 is 0. The molecule has 2 aliphatic heterocycles. The number of hydrogen-bond acceptors (Lipinski definition) is 6. The second kappa shape index (κ2) is 8.88. The molecular weight excluding hydrogens is 451 g/mol. The summed E-state index contributed by atoms with van der Waals surface area (Å²) in [5.74, 6) is -0.377. The van der Waals surface area contributed by atoms with E-state index in [0.29, 0.717) is 30.2 Å². The van der Waals surface area contributed by atoms with Crippen molar-refractivity contribution in [1.82, 2.24) is 19.7 Å². The molecule has 0 atom stereocenters. The van der Waals surface area contributed by atoms with Gasteiger partial charge in [-0.3, -0.25) is 9.48 Å².